The van der Waals surface area contributed by atoms with Crippen molar-refractivity contribution in [3.8, 4) is 0 Å². The van der Waals surface area contributed by atoms with Crippen LogP contribution in [0.25, 0.3) is 6.08 Å². The van der Waals surface area contributed by atoms with Crippen LogP contribution in [0.5, 0.6) is 0 Å². The van der Waals surface area contributed by atoms with Crippen LogP contribution in [0.1, 0.15) is 27.0 Å². The molecule has 7 heteroatoms. The molecular formula is C22H18BF4NO. The van der Waals surface area contributed by atoms with Crippen LogP contribution in [0, 0.1) is 0 Å². The number of fused-ring (bicyclic) bond motifs is 1. The van der Waals surface area contributed by atoms with E-state index in [1.54, 1.807) is 0 Å². The zero-order chi connectivity index (χ0) is 19.9. The molecule has 0 fully saturated rings. The second-order valence-corrected chi connectivity index (χ2v) is 6.37. The summed E-state index contributed by atoms with van der Waals surface area (Å²) in [5.74, 6) is 0.159. The van der Waals surface area contributed by atoms with E-state index < -0.39 is 7.54 Å². The molecule has 1 aliphatic carbocycles. The highest BCUT2D eigenvalue weighted by atomic mass is 19.4. The van der Waals surface area contributed by atoms with Gasteiger partial charge < -0.3 is 4.70 Å². The molecular weight excluding hydrogens is 381 g/mol. The molecule has 0 radical (unpaired) electrons. The first-order chi connectivity index (χ1) is 13.5. The zero-order valence-electron chi connectivity index (χ0n) is 15.4. The third kappa shape index (κ3) is 6.14. The van der Waals surface area contributed by atoms with Crippen molar-refractivity contribution in [2.24, 2.45) is 0 Å². The van der Waals surface area contributed by atoms with Gasteiger partial charge in [0, 0.05) is 35.3 Å². The van der Waals surface area contributed by atoms with Crippen molar-refractivity contribution >= 4 is 19.4 Å². The summed E-state index contributed by atoms with van der Waals surface area (Å²) in [5, 5.41) is 0. The van der Waals surface area contributed by atoms with E-state index in [4.69, 9.17) is 0 Å². The molecule has 0 saturated heterocycles. The molecule has 29 heavy (non-hydrogen) atoms. The van der Waals surface area contributed by atoms with Crippen LogP contribution in [-0.4, -0.2) is 13.3 Å². The molecule has 0 spiro atoms. The fourth-order valence-electron chi connectivity index (χ4n) is 3.14. The van der Waals surface area contributed by atoms with Crippen molar-refractivity contribution in [3.05, 3.63) is 107 Å². The van der Waals surface area contributed by atoms with Gasteiger partial charge in [0.15, 0.2) is 24.7 Å². The molecule has 0 amide bonds. The van der Waals surface area contributed by atoms with Crippen molar-refractivity contribution < 1.29 is 27.0 Å². The monoisotopic (exact) mass is 399 g/mol. The number of allylic oxidation sites excluding steroid dienone is 1. The van der Waals surface area contributed by atoms with Crippen molar-refractivity contribution in [3.63, 3.8) is 0 Å². The molecule has 4 rings (SSSR count). The van der Waals surface area contributed by atoms with E-state index in [1.807, 2.05) is 36.4 Å². The maximum absolute atomic E-state index is 12.4. The standard InChI is InChI=1S/C22H18NO.BF3.FH/c24-22-20(15-19-8-4-5-9-21(19)22)14-17-10-12-23(13-11-17)16-18-6-2-1-3-7-18;2-1(3)4;/h1-14H,15-16H2;;1H/q+1;;/p-1/b20-14+;;. The lowest BCUT2D eigenvalue weighted by Crippen LogP contribution is -3.00. The van der Waals surface area contributed by atoms with Crippen LogP contribution < -0.4 is 9.27 Å². The number of rotatable bonds is 3. The number of Topliss-reactive ketones (excluding diaryl/α,β-unsaturated/α-hetero) is 1. The minimum Gasteiger partial charge on any atom is -1.00 e. The van der Waals surface area contributed by atoms with Gasteiger partial charge >= 0.3 is 7.54 Å². The van der Waals surface area contributed by atoms with E-state index in [1.165, 1.54) is 5.56 Å². The van der Waals surface area contributed by atoms with E-state index in [9.17, 15) is 17.7 Å². The number of halogens is 4. The lowest BCUT2D eigenvalue weighted by atomic mass is 10.1. The summed E-state index contributed by atoms with van der Waals surface area (Å²) in [6.07, 6.45) is 6.86. The second-order valence-electron chi connectivity index (χ2n) is 6.37. The Balaban J connectivity index is 0.000000552. The molecule has 0 atom stereocenters. The topological polar surface area (TPSA) is 20.9 Å². The number of benzene rings is 2. The first kappa shape index (κ1) is 22.1. The lowest BCUT2D eigenvalue weighted by Gasteiger charge is -1.99. The average Bonchev–Trinajstić information content (AvgIpc) is 3.00. The Morgan fingerprint density at radius 2 is 1.48 bits per heavy atom. The van der Waals surface area contributed by atoms with Gasteiger partial charge in [-0.2, -0.15) is 0 Å². The first-order valence-electron chi connectivity index (χ1n) is 8.81. The summed E-state index contributed by atoms with van der Waals surface area (Å²) in [5.41, 5.74) is 5.19. The van der Waals surface area contributed by atoms with Gasteiger partial charge in [0.1, 0.15) is 0 Å². The molecule has 1 heterocycles. The summed E-state index contributed by atoms with van der Waals surface area (Å²) in [6.45, 7) is 0.849. The predicted octanol–water partition coefficient (Wildman–Crippen LogP) is 1.73. The van der Waals surface area contributed by atoms with Gasteiger partial charge in [-0.1, -0.05) is 54.6 Å². The van der Waals surface area contributed by atoms with Crippen molar-refractivity contribution in [2.75, 3.05) is 0 Å². The molecule has 0 aliphatic heterocycles. The van der Waals surface area contributed by atoms with Crippen molar-refractivity contribution in [1.29, 1.82) is 0 Å². The molecule has 148 valence electrons. The fourth-order valence-corrected chi connectivity index (χ4v) is 3.14. The number of pyridine rings is 1. The number of carbonyl (C=O) groups excluding carboxylic acids is 1. The Morgan fingerprint density at radius 3 is 2.10 bits per heavy atom. The number of hydrogen-bond acceptors (Lipinski definition) is 1. The second kappa shape index (κ2) is 10.4. The van der Waals surface area contributed by atoms with E-state index in [0.717, 1.165) is 35.2 Å². The Hall–Kier alpha value is -3.22. The van der Waals surface area contributed by atoms with Crippen molar-refractivity contribution in [2.45, 2.75) is 13.0 Å². The molecule has 0 N–H and O–H groups in total. The highest BCUT2D eigenvalue weighted by Crippen LogP contribution is 2.27. The Kier molecular flexibility index (Phi) is 7.89. The Morgan fingerprint density at radius 1 is 0.897 bits per heavy atom. The van der Waals surface area contributed by atoms with Gasteiger partial charge in [-0.3, -0.25) is 17.7 Å². The Bertz CT molecular complexity index is 973. The van der Waals surface area contributed by atoms with Gasteiger partial charge in [-0.05, 0) is 17.2 Å². The van der Waals surface area contributed by atoms with Gasteiger partial charge in [0.05, 0.1) is 0 Å². The molecule has 1 aromatic heterocycles. The maximum Gasteiger partial charge on any atom is 0.762 e. The molecule has 0 unspecified atom stereocenters. The first-order valence-corrected chi connectivity index (χ1v) is 8.81. The fraction of sp³-hybridized carbons (Fsp3) is 0.0909. The van der Waals surface area contributed by atoms with Crippen LogP contribution in [0.2, 0.25) is 0 Å². The maximum atomic E-state index is 12.4. The van der Waals surface area contributed by atoms with Crippen LogP contribution >= 0.6 is 0 Å². The van der Waals surface area contributed by atoms with Gasteiger partial charge in [-0.15, -0.1) is 0 Å². The largest absolute Gasteiger partial charge is 1.00 e. The minimum atomic E-state index is -3.67. The van der Waals surface area contributed by atoms with E-state index in [-0.39, 0.29) is 10.5 Å². The third-order valence-electron chi connectivity index (χ3n) is 4.40. The summed E-state index contributed by atoms with van der Waals surface area (Å²) < 4.78 is 31.1. The van der Waals surface area contributed by atoms with Gasteiger partial charge in [-0.25, -0.2) is 4.57 Å². The van der Waals surface area contributed by atoms with Crippen LogP contribution in [0.4, 0.5) is 12.9 Å². The van der Waals surface area contributed by atoms with Crippen molar-refractivity contribution in [1.82, 2.24) is 0 Å². The quantitative estimate of drug-likeness (QED) is 0.285. The summed E-state index contributed by atoms with van der Waals surface area (Å²) >= 11 is 0. The summed E-state index contributed by atoms with van der Waals surface area (Å²) in [7, 11) is -3.67. The number of carbonyl (C=O) groups is 1. The molecule has 0 saturated carbocycles. The van der Waals surface area contributed by atoms with E-state index >= 15 is 0 Å². The number of nitrogens with zero attached hydrogens (tertiary/aromatic N) is 1. The highest BCUT2D eigenvalue weighted by molar-refractivity contribution is 6.33. The average molecular weight is 399 g/mol. The van der Waals surface area contributed by atoms with E-state index in [2.05, 4.69) is 53.4 Å². The Labute approximate surface area is 166 Å². The lowest BCUT2D eigenvalue weighted by molar-refractivity contribution is -0.688. The van der Waals surface area contributed by atoms with Crippen LogP contribution in [0.15, 0.2) is 84.7 Å². The smallest absolute Gasteiger partial charge is 0.762 e. The minimum absolute atomic E-state index is 0. The number of aromatic nitrogens is 1. The van der Waals surface area contributed by atoms with Crippen LogP contribution in [0.3, 0.4) is 0 Å². The highest BCUT2D eigenvalue weighted by Gasteiger charge is 2.23. The molecule has 2 nitrogen and oxygen atoms in total. The number of hydrogen-bond donors (Lipinski definition) is 0. The SMILES string of the molecule is FB(F)F.O=C1/C(=C/c2cc[n+](Cc3ccccc3)cc2)Cc2ccccc21.[F-]. The molecule has 3 aromatic rings. The summed E-state index contributed by atoms with van der Waals surface area (Å²) in [6, 6.07) is 22.4. The van der Waals surface area contributed by atoms with Crippen LogP contribution in [-0.2, 0) is 13.0 Å². The predicted molar refractivity (Wildman–Crippen MR) is 104 cm³/mol. The normalized spacial score (nSPS) is 13.2. The van der Waals surface area contributed by atoms with Gasteiger partial charge in [0.2, 0.25) is 0 Å². The molecule has 2 aromatic carbocycles. The number of ketones is 1. The summed E-state index contributed by atoms with van der Waals surface area (Å²) in [4.78, 5) is 12.4. The molecule has 1 aliphatic rings. The van der Waals surface area contributed by atoms with Gasteiger partial charge in [0.25, 0.3) is 0 Å². The van der Waals surface area contributed by atoms with E-state index in [0.29, 0.717) is 0 Å². The zero-order valence-corrected chi connectivity index (χ0v) is 15.4. The molecule has 0 bridgehead atoms. The third-order valence-corrected chi connectivity index (χ3v) is 4.40.